The minimum absolute atomic E-state index is 0.143. The maximum Gasteiger partial charge on any atom is -0.000719 e. The number of rotatable bonds is 3. The molecule has 0 nitrogen and oxygen atoms in total. The van der Waals surface area contributed by atoms with E-state index in [0.29, 0.717) is 0 Å². The molecule has 0 aromatic heterocycles. The molecule has 0 heterocycles. The second kappa shape index (κ2) is 7.01. The van der Waals surface area contributed by atoms with E-state index in [4.69, 9.17) is 0 Å². The van der Waals surface area contributed by atoms with Crippen LogP contribution in [0.4, 0.5) is 0 Å². The molecule has 2 aromatic carbocycles. The predicted octanol–water partition coefficient (Wildman–Crippen LogP) is 8.15. The Morgan fingerprint density at radius 3 is 2.24 bits per heavy atom. The Labute approximate surface area is 177 Å². The zero-order valence-electron chi connectivity index (χ0n) is 19.4. The van der Waals surface area contributed by atoms with Gasteiger partial charge in [0.05, 0.1) is 0 Å². The van der Waals surface area contributed by atoms with Gasteiger partial charge >= 0.3 is 0 Å². The van der Waals surface area contributed by atoms with Gasteiger partial charge in [-0.05, 0) is 80.2 Å². The Hall–Kier alpha value is -2.08. The molecule has 29 heavy (non-hydrogen) atoms. The van der Waals surface area contributed by atoms with Gasteiger partial charge in [-0.2, -0.15) is 0 Å². The van der Waals surface area contributed by atoms with Gasteiger partial charge in [0.1, 0.15) is 0 Å². The van der Waals surface area contributed by atoms with E-state index in [9.17, 15) is 0 Å². The van der Waals surface area contributed by atoms with E-state index < -0.39 is 0 Å². The first-order valence-electron chi connectivity index (χ1n) is 11.3. The highest BCUT2D eigenvalue weighted by molar-refractivity contribution is 5.87. The van der Waals surface area contributed by atoms with Gasteiger partial charge < -0.3 is 0 Å². The summed E-state index contributed by atoms with van der Waals surface area (Å²) in [5, 5.41) is 0. The molecular formula is C29H36. The van der Waals surface area contributed by atoms with Gasteiger partial charge in [-0.1, -0.05) is 97.4 Å². The summed E-state index contributed by atoms with van der Waals surface area (Å²) in [6, 6.07) is 9.74. The molecule has 0 atom stereocenters. The van der Waals surface area contributed by atoms with Crippen LogP contribution in [0, 0.1) is 0 Å². The summed E-state index contributed by atoms with van der Waals surface area (Å²) in [6.45, 7) is 16.4. The lowest BCUT2D eigenvalue weighted by molar-refractivity contribution is 0.578. The van der Waals surface area contributed by atoms with Gasteiger partial charge in [0, 0.05) is 0 Å². The molecule has 4 rings (SSSR count). The summed E-state index contributed by atoms with van der Waals surface area (Å²) < 4.78 is 0. The quantitative estimate of drug-likeness (QED) is 0.427. The molecule has 0 aliphatic heterocycles. The SMILES string of the molecule is CCCc1cc2c(c(C3=CC=CC3)c1C(C)(C)C)Cc1cc(C(C)(C)C)ccc1-2. The maximum atomic E-state index is 2.54. The molecule has 0 amide bonds. The van der Waals surface area contributed by atoms with Crippen molar-refractivity contribution in [2.75, 3.05) is 0 Å². The zero-order chi connectivity index (χ0) is 21.0. The van der Waals surface area contributed by atoms with Crippen LogP contribution in [0.15, 0.2) is 42.5 Å². The summed E-state index contributed by atoms with van der Waals surface area (Å²) in [6.07, 6.45) is 11.4. The van der Waals surface area contributed by atoms with Crippen LogP contribution in [0.25, 0.3) is 16.7 Å². The Balaban J connectivity index is 1.98. The lowest BCUT2D eigenvalue weighted by Crippen LogP contribution is -2.19. The molecule has 2 aromatic rings. The monoisotopic (exact) mass is 384 g/mol. The van der Waals surface area contributed by atoms with Crippen LogP contribution in [-0.2, 0) is 23.7 Å². The summed E-state index contributed by atoms with van der Waals surface area (Å²) in [5.74, 6) is 0. The number of aryl methyl sites for hydroxylation is 1. The highest BCUT2D eigenvalue weighted by Crippen LogP contribution is 2.48. The van der Waals surface area contributed by atoms with Crippen molar-refractivity contribution in [2.45, 2.75) is 85.0 Å². The van der Waals surface area contributed by atoms with E-state index in [1.165, 1.54) is 34.2 Å². The molecule has 0 spiro atoms. The van der Waals surface area contributed by atoms with Gasteiger partial charge in [-0.25, -0.2) is 0 Å². The van der Waals surface area contributed by atoms with Crippen molar-refractivity contribution in [3.63, 3.8) is 0 Å². The summed E-state index contributed by atoms with van der Waals surface area (Å²) >= 11 is 0. The van der Waals surface area contributed by atoms with Crippen molar-refractivity contribution in [3.05, 3.63) is 75.9 Å². The number of hydrogen-bond acceptors (Lipinski definition) is 0. The van der Waals surface area contributed by atoms with Gasteiger partial charge in [0.15, 0.2) is 0 Å². The Morgan fingerprint density at radius 2 is 1.66 bits per heavy atom. The van der Waals surface area contributed by atoms with Crippen LogP contribution < -0.4 is 0 Å². The first-order valence-corrected chi connectivity index (χ1v) is 11.3. The lowest BCUT2D eigenvalue weighted by Gasteiger charge is -2.30. The molecule has 0 unspecified atom stereocenters. The number of fused-ring (bicyclic) bond motifs is 3. The van der Waals surface area contributed by atoms with E-state index in [1.54, 1.807) is 22.3 Å². The highest BCUT2D eigenvalue weighted by atomic mass is 14.4. The largest absolute Gasteiger partial charge is 0.0801 e. The van der Waals surface area contributed by atoms with Gasteiger partial charge in [0.25, 0.3) is 0 Å². The van der Waals surface area contributed by atoms with Gasteiger partial charge in [-0.3, -0.25) is 0 Å². The third-order valence-corrected chi connectivity index (χ3v) is 6.51. The average Bonchev–Trinajstić information content (AvgIpc) is 3.26. The minimum atomic E-state index is 0.143. The fourth-order valence-electron chi connectivity index (χ4n) is 5.17. The second-order valence-electron chi connectivity index (χ2n) is 10.9. The van der Waals surface area contributed by atoms with Crippen molar-refractivity contribution in [2.24, 2.45) is 0 Å². The molecule has 0 saturated carbocycles. The van der Waals surface area contributed by atoms with Crippen LogP contribution in [0.1, 0.15) is 94.7 Å². The molecule has 2 aliphatic rings. The zero-order valence-corrected chi connectivity index (χ0v) is 19.4. The molecule has 152 valence electrons. The van der Waals surface area contributed by atoms with Gasteiger partial charge in [-0.15, -0.1) is 0 Å². The molecule has 0 radical (unpaired) electrons. The fourth-order valence-corrected chi connectivity index (χ4v) is 5.17. The smallest absolute Gasteiger partial charge is 0.000719 e. The first-order chi connectivity index (χ1) is 13.6. The number of benzene rings is 2. The van der Waals surface area contributed by atoms with E-state index in [1.807, 2.05) is 0 Å². The third-order valence-electron chi connectivity index (χ3n) is 6.51. The molecule has 0 N–H and O–H groups in total. The van der Waals surface area contributed by atoms with Crippen LogP contribution in [0.5, 0.6) is 0 Å². The number of hydrogen-bond donors (Lipinski definition) is 0. The number of allylic oxidation sites excluding steroid dienone is 4. The second-order valence-corrected chi connectivity index (χ2v) is 10.9. The Kier molecular flexibility index (Phi) is 4.88. The van der Waals surface area contributed by atoms with Crippen molar-refractivity contribution in [1.29, 1.82) is 0 Å². The van der Waals surface area contributed by atoms with E-state index in [-0.39, 0.29) is 10.8 Å². The predicted molar refractivity (Wildman–Crippen MR) is 128 cm³/mol. The molecular weight excluding hydrogens is 348 g/mol. The van der Waals surface area contributed by atoms with Crippen LogP contribution >= 0.6 is 0 Å². The van der Waals surface area contributed by atoms with Crippen LogP contribution in [0.3, 0.4) is 0 Å². The van der Waals surface area contributed by atoms with Crippen LogP contribution in [-0.4, -0.2) is 0 Å². The van der Waals surface area contributed by atoms with Crippen molar-refractivity contribution in [3.8, 4) is 11.1 Å². The van der Waals surface area contributed by atoms with E-state index in [0.717, 1.165) is 19.3 Å². The molecule has 0 bridgehead atoms. The van der Waals surface area contributed by atoms with E-state index in [2.05, 4.69) is 91.0 Å². The topological polar surface area (TPSA) is 0 Å². The summed E-state index contributed by atoms with van der Waals surface area (Å²) in [4.78, 5) is 0. The normalized spacial score (nSPS) is 15.5. The maximum absolute atomic E-state index is 2.54. The van der Waals surface area contributed by atoms with E-state index >= 15 is 0 Å². The van der Waals surface area contributed by atoms with Crippen molar-refractivity contribution < 1.29 is 0 Å². The molecule has 2 aliphatic carbocycles. The molecule has 0 saturated heterocycles. The Morgan fingerprint density at radius 1 is 0.897 bits per heavy atom. The standard InChI is InChI=1S/C29H36/c1-8-11-20-17-24-23-15-14-22(28(2,3)4)16-21(23)18-25(24)26(19-12-9-10-13-19)27(20)29(5,6)7/h9-10,12,14-17H,8,11,13,18H2,1-7H3. The Bertz CT molecular complexity index is 1010. The van der Waals surface area contributed by atoms with Crippen LogP contribution in [0.2, 0.25) is 0 Å². The fraction of sp³-hybridized carbons (Fsp3) is 0.448. The van der Waals surface area contributed by atoms with Crippen molar-refractivity contribution in [1.82, 2.24) is 0 Å². The molecule has 0 heteroatoms. The van der Waals surface area contributed by atoms with Crippen molar-refractivity contribution >= 4 is 5.57 Å². The first kappa shape index (κ1) is 20.2. The highest BCUT2D eigenvalue weighted by Gasteiger charge is 2.31. The minimum Gasteiger partial charge on any atom is -0.0801 e. The van der Waals surface area contributed by atoms with Gasteiger partial charge in [0.2, 0.25) is 0 Å². The molecule has 0 fully saturated rings. The summed E-state index contributed by atoms with van der Waals surface area (Å²) in [7, 11) is 0. The average molecular weight is 385 g/mol. The lowest BCUT2D eigenvalue weighted by atomic mass is 9.74. The third kappa shape index (κ3) is 3.52. The summed E-state index contributed by atoms with van der Waals surface area (Å²) in [5.41, 5.74) is 14.0.